The molecule has 472 valence electrons. The van der Waals surface area contributed by atoms with Crippen LogP contribution in [0.4, 0.5) is 0 Å². The third kappa shape index (κ3) is 37.0. The Morgan fingerprint density at radius 1 is 0.444 bits per heavy atom. The number of amides is 1. The van der Waals surface area contributed by atoms with E-state index >= 15 is 0 Å². The number of aliphatic hydroxyl groups is 8. The van der Waals surface area contributed by atoms with Gasteiger partial charge < -0.3 is 65.1 Å². The summed E-state index contributed by atoms with van der Waals surface area (Å²) in [6, 6.07) is -0.929. The molecule has 0 spiro atoms. The molecule has 0 radical (unpaired) electrons. The highest BCUT2D eigenvalue weighted by molar-refractivity contribution is 5.76. The lowest BCUT2D eigenvalue weighted by molar-refractivity contribution is -0.359. The van der Waals surface area contributed by atoms with Crippen molar-refractivity contribution in [2.45, 2.75) is 338 Å². The molecule has 81 heavy (non-hydrogen) atoms. The molecule has 2 fully saturated rings. The summed E-state index contributed by atoms with van der Waals surface area (Å²) in [5.74, 6) is -0.250. The number of allylic oxidation sites excluding steroid dienone is 9. The molecule has 0 aromatic carbocycles. The van der Waals surface area contributed by atoms with Gasteiger partial charge in [0.2, 0.25) is 5.91 Å². The summed E-state index contributed by atoms with van der Waals surface area (Å²) in [5, 5.41) is 86.7. The number of rotatable bonds is 53. The number of aliphatic hydroxyl groups excluding tert-OH is 8. The predicted molar refractivity (Wildman–Crippen MR) is 327 cm³/mol. The summed E-state index contributed by atoms with van der Waals surface area (Å²) < 4.78 is 22.7. The summed E-state index contributed by atoms with van der Waals surface area (Å²) in [6.45, 7) is 2.69. The van der Waals surface area contributed by atoms with Gasteiger partial charge in [0, 0.05) is 6.42 Å². The minimum absolute atomic E-state index is 0.250. The fourth-order valence-corrected chi connectivity index (χ4v) is 10.6. The first-order chi connectivity index (χ1) is 39.6. The molecule has 0 bridgehead atoms. The van der Waals surface area contributed by atoms with E-state index < -0.39 is 86.8 Å². The fraction of sp³-hybridized carbons (Fsp3) is 0.836. The quantitative estimate of drug-likeness (QED) is 0.0204. The Morgan fingerprint density at radius 3 is 1.33 bits per heavy atom. The highest BCUT2D eigenvalue weighted by Gasteiger charge is 2.51. The molecule has 1 amide bonds. The zero-order valence-electron chi connectivity index (χ0n) is 51.0. The molecular formula is C67H121NO13. The second-order valence-electron chi connectivity index (χ2n) is 23.2. The molecule has 0 aromatic rings. The van der Waals surface area contributed by atoms with Crippen molar-refractivity contribution in [2.75, 3.05) is 19.8 Å². The second-order valence-corrected chi connectivity index (χ2v) is 23.2. The largest absolute Gasteiger partial charge is 0.394 e. The molecule has 2 saturated heterocycles. The Kier molecular flexibility index (Phi) is 48.1. The molecule has 2 rings (SSSR count). The third-order valence-electron chi connectivity index (χ3n) is 15.9. The van der Waals surface area contributed by atoms with Crippen LogP contribution in [0, 0.1) is 0 Å². The van der Waals surface area contributed by atoms with E-state index in [2.05, 4.69) is 67.8 Å². The minimum atomic E-state index is -1.79. The first-order valence-corrected chi connectivity index (χ1v) is 33.0. The van der Waals surface area contributed by atoms with Gasteiger partial charge in [0.05, 0.1) is 32.0 Å². The zero-order chi connectivity index (χ0) is 58.8. The van der Waals surface area contributed by atoms with Gasteiger partial charge in [-0.25, -0.2) is 0 Å². The standard InChI is InChI=1S/C67H121NO13/c1-3-5-7-9-11-13-14-15-16-17-18-19-20-21-22-23-24-25-26-27-28-29-30-31-32-33-34-35-36-37-38-39-40-41-42-43-45-47-49-51-59(72)68-55(56(71)50-48-46-44-12-10-8-6-4-2)54-78-66-64(77)62(75)65(58(53-70)80-66)81-67-63(76)61(74)60(73)57(52-69)79-67/h10,12,14-15,17-18,20-21,48,50,55-58,60-67,69-71,73-77H,3-9,11,13,16,19,22-47,49,51-54H2,1-2H3,(H,68,72)/b12-10+,15-14-,18-17-,21-20-,50-48+. The summed E-state index contributed by atoms with van der Waals surface area (Å²) in [4.78, 5) is 13.2. The number of nitrogens with one attached hydrogen (secondary N) is 1. The van der Waals surface area contributed by atoms with Gasteiger partial charge in [0.1, 0.15) is 48.8 Å². The maximum Gasteiger partial charge on any atom is 0.220 e. The van der Waals surface area contributed by atoms with E-state index in [1.54, 1.807) is 6.08 Å². The Balaban J connectivity index is 1.51. The number of hydrogen-bond acceptors (Lipinski definition) is 13. The van der Waals surface area contributed by atoms with Crippen LogP contribution >= 0.6 is 0 Å². The van der Waals surface area contributed by atoms with Crippen molar-refractivity contribution in [3.63, 3.8) is 0 Å². The Hall–Kier alpha value is -2.31. The molecule has 12 unspecified atom stereocenters. The number of ether oxygens (including phenoxy) is 4. The van der Waals surface area contributed by atoms with Crippen molar-refractivity contribution >= 4 is 5.91 Å². The topological polar surface area (TPSA) is 228 Å². The van der Waals surface area contributed by atoms with Gasteiger partial charge in [-0.15, -0.1) is 0 Å². The highest BCUT2D eigenvalue weighted by atomic mass is 16.7. The average molecular weight is 1150 g/mol. The van der Waals surface area contributed by atoms with Gasteiger partial charge in [-0.05, 0) is 64.2 Å². The zero-order valence-corrected chi connectivity index (χ0v) is 51.0. The number of hydrogen-bond donors (Lipinski definition) is 9. The van der Waals surface area contributed by atoms with E-state index in [1.807, 2.05) is 6.08 Å². The monoisotopic (exact) mass is 1150 g/mol. The van der Waals surface area contributed by atoms with Crippen LogP contribution in [0.2, 0.25) is 0 Å². The van der Waals surface area contributed by atoms with E-state index in [0.29, 0.717) is 12.8 Å². The van der Waals surface area contributed by atoms with E-state index in [-0.39, 0.29) is 18.9 Å². The number of carbonyl (C=O) groups excluding carboxylic acids is 1. The van der Waals surface area contributed by atoms with Crippen molar-refractivity contribution in [3.05, 3.63) is 60.8 Å². The molecule has 2 aliphatic heterocycles. The first-order valence-electron chi connectivity index (χ1n) is 33.0. The van der Waals surface area contributed by atoms with E-state index in [4.69, 9.17) is 18.9 Å². The van der Waals surface area contributed by atoms with Crippen LogP contribution in [0.3, 0.4) is 0 Å². The Labute approximate surface area is 492 Å². The minimum Gasteiger partial charge on any atom is -0.394 e. The summed E-state index contributed by atoms with van der Waals surface area (Å²) in [5.41, 5.74) is 0. The maximum atomic E-state index is 13.2. The van der Waals surface area contributed by atoms with E-state index in [1.165, 1.54) is 173 Å². The second kappa shape index (κ2) is 52.1. The van der Waals surface area contributed by atoms with Gasteiger partial charge in [0.25, 0.3) is 0 Å². The van der Waals surface area contributed by atoms with Gasteiger partial charge >= 0.3 is 0 Å². The van der Waals surface area contributed by atoms with E-state index in [0.717, 1.165) is 57.8 Å². The van der Waals surface area contributed by atoms with E-state index in [9.17, 15) is 45.6 Å². The van der Waals surface area contributed by atoms with Crippen molar-refractivity contribution in [1.29, 1.82) is 0 Å². The SMILES string of the molecule is CCCC/C=C/CC/C=C/C(O)C(COC1OC(CO)C(OC2OC(CO)C(O)C(O)C2O)C(O)C1O)NC(=O)CCCCCCCCCCCCCCCCCCCCCCCCCC/C=C\C/C=C\C/C=C\CCCCCCC. The van der Waals surface area contributed by atoms with Crippen LogP contribution in [0.5, 0.6) is 0 Å². The van der Waals surface area contributed by atoms with Gasteiger partial charge in [-0.3, -0.25) is 4.79 Å². The summed E-state index contributed by atoms with van der Waals surface area (Å²) >= 11 is 0. The summed E-state index contributed by atoms with van der Waals surface area (Å²) in [6.07, 6.45) is 52.0. The van der Waals surface area contributed by atoms with Crippen LogP contribution in [-0.2, 0) is 23.7 Å². The van der Waals surface area contributed by atoms with Crippen LogP contribution < -0.4 is 5.32 Å². The van der Waals surface area contributed by atoms with Crippen molar-refractivity contribution in [3.8, 4) is 0 Å². The van der Waals surface area contributed by atoms with Crippen LogP contribution in [0.25, 0.3) is 0 Å². The normalized spacial score (nSPS) is 24.5. The Morgan fingerprint density at radius 2 is 0.840 bits per heavy atom. The molecule has 14 heteroatoms. The lowest BCUT2D eigenvalue weighted by Crippen LogP contribution is -2.65. The number of unbranched alkanes of at least 4 members (excludes halogenated alkanes) is 32. The molecule has 2 aliphatic rings. The molecule has 12 atom stereocenters. The predicted octanol–water partition coefficient (Wildman–Crippen LogP) is 12.5. The molecule has 14 nitrogen and oxygen atoms in total. The molecule has 9 N–H and O–H groups in total. The summed E-state index contributed by atoms with van der Waals surface area (Å²) in [7, 11) is 0. The molecule has 0 aliphatic carbocycles. The molecule has 2 heterocycles. The number of carbonyl (C=O) groups is 1. The highest BCUT2D eigenvalue weighted by Crippen LogP contribution is 2.30. The van der Waals surface area contributed by atoms with Gasteiger partial charge in [0.15, 0.2) is 12.6 Å². The smallest absolute Gasteiger partial charge is 0.220 e. The molecule has 0 saturated carbocycles. The van der Waals surface area contributed by atoms with Crippen LogP contribution in [0.1, 0.15) is 264 Å². The average Bonchev–Trinajstić information content (AvgIpc) is 3.55. The van der Waals surface area contributed by atoms with Crippen molar-refractivity contribution in [1.82, 2.24) is 5.32 Å². The first kappa shape index (κ1) is 74.8. The van der Waals surface area contributed by atoms with Gasteiger partial charge in [-0.1, -0.05) is 254 Å². The molecule has 0 aromatic heterocycles. The van der Waals surface area contributed by atoms with Crippen LogP contribution in [-0.4, -0.2) is 140 Å². The van der Waals surface area contributed by atoms with Crippen LogP contribution in [0.15, 0.2) is 60.8 Å². The Bertz CT molecular complexity index is 1590. The molecular weight excluding hydrogens is 1030 g/mol. The van der Waals surface area contributed by atoms with Crippen molar-refractivity contribution < 1.29 is 64.6 Å². The van der Waals surface area contributed by atoms with Crippen molar-refractivity contribution in [2.24, 2.45) is 0 Å². The lowest BCUT2D eigenvalue weighted by atomic mass is 9.97. The maximum absolute atomic E-state index is 13.2. The fourth-order valence-electron chi connectivity index (χ4n) is 10.6. The third-order valence-corrected chi connectivity index (χ3v) is 15.9. The van der Waals surface area contributed by atoms with Gasteiger partial charge in [-0.2, -0.15) is 0 Å². The lowest BCUT2D eigenvalue weighted by Gasteiger charge is -2.46.